The quantitative estimate of drug-likeness (QED) is 0.717. The van der Waals surface area contributed by atoms with Gasteiger partial charge in [0, 0.05) is 0 Å². The first-order chi connectivity index (χ1) is 6.83. The zero-order valence-corrected chi connectivity index (χ0v) is 11.8. The van der Waals surface area contributed by atoms with Crippen LogP contribution >= 0.6 is 0 Å². The van der Waals surface area contributed by atoms with E-state index in [-0.39, 0.29) is 0 Å². The van der Waals surface area contributed by atoms with Gasteiger partial charge < -0.3 is 0 Å². The summed E-state index contributed by atoms with van der Waals surface area (Å²) in [5.74, 6) is 0.514. The van der Waals surface area contributed by atoms with Crippen LogP contribution in [0.4, 0.5) is 0 Å². The van der Waals surface area contributed by atoms with Gasteiger partial charge in [0.2, 0.25) is 0 Å². The van der Waals surface area contributed by atoms with Crippen LogP contribution in [0.15, 0.2) is 0 Å². The van der Waals surface area contributed by atoms with E-state index in [2.05, 4.69) is 27.7 Å². The van der Waals surface area contributed by atoms with E-state index >= 15 is 0 Å². The fraction of sp³-hybridized carbons (Fsp3) is 0.538. The second-order valence-corrected chi connectivity index (χ2v) is 8.67. The van der Waals surface area contributed by atoms with Crippen LogP contribution in [0, 0.1) is 20.8 Å². The molecule has 0 fully saturated rings. The molecule has 0 aliphatic carbocycles. The van der Waals surface area contributed by atoms with Gasteiger partial charge in [-0.25, -0.2) is 0 Å². The van der Waals surface area contributed by atoms with Crippen molar-refractivity contribution in [2.24, 2.45) is 0 Å². The van der Waals surface area contributed by atoms with Gasteiger partial charge in [-0.3, -0.25) is 0 Å². The van der Waals surface area contributed by atoms with Crippen LogP contribution in [0.5, 0.6) is 5.75 Å². The summed E-state index contributed by atoms with van der Waals surface area (Å²) in [4.78, 5) is 0. The van der Waals surface area contributed by atoms with E-state index in [9.17, 15) is 5.11 Å². The summed E-state index contributed by atoms with van der Waals surface area (Å²) < 4.78 is 1.96. The second-order valence-electron chi connectivity index (χ2n) is 5.07. The maximum atomic E-state index is 10.0. The molecule has 2 heteroatoms. The number of benzene rings is 1. The van der Waals surface area contributed by atoms with Crippen LogP contribution in [-0.2, 0) is 6.42 Å². The summed E-state index contributed by atoms with van der Waals surface area (Å²) in [6, 6.07) is 0. The third kappa shape index (κ3) is 1.60. The third-order valence-corrected chi connectivity index (χ3v) is 6.37. The Hall–Kier alpha value is -0.461. The van der Waals surface area contributed by atoms with Gasteiger partial charge in [0.25, 0.3) is 0 Å². The third-order valence-electron chi connectivity index (χ3n) is 3.32. The van der Waals surface area contributed by atoms with E-state index in [1.807, 2.05) is 6.92 Å². The van der Waals surface area contributed by atoms with Crippen LogP contribution < -0.4 is 4.46 Å². The van der Waals surface area contributed by atoms with Gasteiger partial charge in [0.1, 0.15) is 0 Å². The number of hydrogen-bond donors (Lipinski definition) is 1. The SMILES string of the molecule is Cc1c(C)c2c(c(C)c1O)CC(C)(C)[Se]2. The Morgan fingerprint density at radius 1 is 1.07 bits per heavy atom. The van der Waals surface area contributed by atoms with Gasteiger partial charge >= 0.3 is 97.9 Å². The zero-order valence-electron chi connectivity index (χ0n) is 10.1. The van der Waals surface area contributed by atoms with Gasteiger partial charge in [-0.15, -0.1) is 0 Å². The molecule has 1 aromatic rings. The molecule has 1 heterocycles. The molecule has 1 aliphatic rings. The predicted octanol–water partition coefficient (Wildman–Crippen LogP) is 2.40. The average molecular weight is 269 g/mol. The van der Waals surface area contributed by atoms with Crippen molar-refractivity contribution < 1.29 is 5.11 Å². The Kier molecular flexibility index (Phi) is 2.40. The van der Waals surface area contributed by atoms with Crippen molar-refractivity contribution >= 4 is 19.4 Å². The number of rotatable bonds is 0. The van der Waals surface area contributed by atoms with E-state index < -0.39 is 0 Å². The van der Waals surface area contributed by atoms with Crippen LogP contribution in [0.2, 0.25) is 4.31 Å². The summed E-state index contributed by atoms with van der Waals surface area (Å²) in [7, 11) is 0. The first-order valence-corrected chi connectivity index (χ1v) is 7.05. The van der Waals surface area contributed by atoms with Crippen LogP contribution in [0.3, 0.4) is 0 Å². The number of hydrogen-bond acceptors (Lipinski definition) is 1. The molecular weight excluding hydrogens is 251 g/mol. The zero-order chi connectivity index (χ0) is 11.4. The molecule has 0 saturated heterocycles. The van der Waals surface area contributed by atoms with Gasteiger partial charge in [0.05, 0.1) is 0 Å². The summed E-state index contributed by atoms with van der Waals surface area (Å²) >= 11 is 0.551. The van der Waals surface area contributed by atoms with Crippen molar-refractivity contribution in [3.63, 3.8) is 0 Å². The van der Waals surface area contributed by atoms with Crippen LogP contribution in [0.1, 0.15) is 36.1 Å². The minimum atomic E-state index is 0.422. The first kappa shape index (κ1) is 11.0. The standard InChI is InChI=1S/C13H18OSe/c1-7-8(2)12-10(9(3)11(7)14)6-13(4,5)15-12/h14H,6H2,1-5H3. The summed E-state index contributed by atoms with van der Waals surface area (Å²) in [6.07, 6.45) is 1.13. The molecule has 0 spiro atoms. The normalized spacial score (nSPS) is 17.9. The molecule has 1 N–H and O–H groups in total. The van der Waals surface area contributed by atoms with Crippen molar-refractivity contribution in [2.75, 3.05) is 0 Å². The van der Waals surface area contributed by atoms with Gasteiger partial charge in [-0.1, -0.05) is 0 Å². The average Bonchev–Trinajstić information content (AvgIpc) is 2.48. The number of phenolic OH excluding ortho intramolecular Hbond substituents is 1. The molecule has 1 nitrogen and oxygen atoms in total. The number of fused-ring (bicyclic) bond motifs is 1. The molecule has 0 saturated carbocycles. The molecule has 2 rings (SSSR count). The number of aromatic hydroxyl groups is 1. The molecule has 82 valence electrons. The monoisotopic (exact) mass is 270 g/mol. The van der Waals surface area contributed by atoms with E-state index in [1.54, 1.807) is 4.46 Å². The van der Waals surface area contributed by atoms with E-state index in [1.165, 1.54) is 11.1 Å². The molecule has 0 radical (unpaired) electrons. The van der Waals surface area contributed by atoms with E-state index in [0.717, 1.165) is 17.5 Å². The van der Waals surface area contributed by atoms with Crippen molar-refractivity contribution in [1.82, 2.24) is 0 Å². The van der Waals surface area contributed by atoms with Gasteiger partial charge in [-0.2, -0.15) is 0 Å². The van der Waals surface area contributed by atoms with Crippen LogP contribution in [0.25, 0.3) is 0 Å². The Balaban J connectivity index is 2.69. The minimum absolute atomic E-state index is 0.422. The number of phenols is 1. The second kappa shape index (κ2) is 3.26. The predicted molar refractivity (Wildman–Crippen MR) is 65.5 cm³/mol. The molecule has 0 aromatic heterocycles. The molecular formula is C13H18OSe. The summed E-state index contributed by atoms with van der Waals surface area (Å²) in [6.45, 7) is 10.9. The van der Waals surface area contributed by atoms with Crippen molar-refractivity contribution in [3.8, 4) is 5.75 Å². The summed E-state index contributed by atoms with van der Waals surface area (Å²) in [5.41, 5.74) is 4.92. The molecule has 0 bridgehead atoms. The molecule has 1 aliphatic heterocycles. The van der Waals surface area contributed by atoms with Gasteiger partial charge in [-0.05, 0) is 0 Å². The van der Waals surface area contributed by atoms with Crippen molar-refractivity contribution in [2.45, 2.75) is 45.4 Å². The molecule has 0 amide bonds. The maximum absolute atomic E-state index is 10.0. The Bertz CT molecular complexity index is 394. The van der Waals surface area contributed by atoms with Crippen molar-refractivity contribution in [3.05, 3.63) is 22.3 Å². The van der Waals surface area contributed by atoms with E-state index in [0.29, 0.717) is 25.0 Å². The molecule has 15 heavy (non-hydrogen) atoms. The topological polar surface area (TPSA) is 20.2 Å². The Morgan fingerprint density at radius 2 is 1.67 bits per heavy atom. The van der Waals surface area contributed by atoms with Crippen LogP contribution in [-0.4, -0.2) is 20.1 Å². The summed E-state index contributed by atoms with van der Waals surface area (Å²) in [5, 5.41) is 10.0. The Labute approximate surface area is 98.1 Å². The molecule has 1 aromatic carbocycles. The molecule has 0 unspecified atom stereocenters. The Morgan fingerprint density at radius 3 is 2.27 bits per heavy atom. The fourth-order valence-electron chi connectivity index (χ4n) is 2.26. The van der Waals surface area contributed by atoms with E-state index in [4.69, 9.17) is 0 Å². The van der Waals surface area contributed by atoms with Gasteiger partial charge in [0.15, 0.2) is 0 Å². The molecule has 0 atom stereocenters. The fourth-order valence-corrected chi connectivity index (χ4v) is 5.24. The van der Waals surface area contributed by atoms with Crippen molar-refractivity contribution in [1.29, 1.82) is 0 Å². The first-order valence-electron chi connectivity index (χ1n) is 5.34.